The molecule has 0 bridgehead atoms. The molecule has 0 radical (unpaired) electrons. The summed E-state index contributed by atoms with van der Waals surface area (Å²) in [4.78, 5) is 12.0. The third-order valence-electron chi connectivity index (χ3n) is 2.77. The van der Waals surface area contributed by atoms with E-state index in [0.29, 0.717) is 0 Å². The van der Waals surface area contributed by atoms with Crippen LogP contribution >= 0.6 is 0 Å². The Bertz CT molecular complexity index is 571. The van der Waals surface area contributed by atoms with Gasteiger partial charge in [-0.1, -0.05) is 29.8 Å². The zero-order chi connectivity index (χ0) is 13.1. The fraction of sp³-hybridized carbons (Fsp3) is 0.133. The van der Waals surface area contributed by atoms with Gasteiger partial charge in [0.25, 0.3) is 0 Å². The van der Waals surface area contributed by atoms with Crippen LogP contribution in [0.4, 0.5) is 0 Å². The Balaban J connectivity index is 2.19. The molecule has 0 atom stereocenters. The van der Waals surface area contributed by atoms with Crippen LogP contribution in [0.3, 0.4) is 0 Å². The number of carbonyl (C=O) groups is 1. The molecule has 0 aliphatic heterocycles. The lowest BCUT2D eigenvalue weighted by Crippen LogP contribution is -2.03. The molecule has 0 fully saturated rings. The monoisotopic (exact) mass is 242 g/mol. The van der Waals surface area contributed by atoms with Gasteiger partial charge in [0.2, 0.25) is 0 Å². The summed E-state index contributed by atoms with van der Waals surface area (Å²) in [6.45, 7) is 1.98. The Kier molecular flexibility index (Phi) is 3.33. The second kappa shape index (κ2) is 4.92. The summed E-state index contributed by atoms with van der Waals surface area (Å²) in [6, 6.07) is 11.7. The molecule has 92 valence electrons. The third kappa shape index (κ3) is 2.69. The van der Waals surface area contributed by atoms with Gasteiger partial charge in [0.1, 0.15) is 11.5 Å². The van der Waals surface area contributed by atoms with Gasteiger partial charge in [-0.15, -0.1) is 0 Å². The van der Waals surface area contributed by atoms with Crippen LogP contribution in [0.1, 0.15) is 21.5 Å². The van der Waals surface area contributed by atoms with Crippen molar-refractivity contribution in [2.45, 2.75) is 13.3 Å². The smallest absolute Gasteiger partial charge is 0.170 e. The second-order valence-corrected chi connectivity index (χ2v) is 4.29. The van der Waals surface area contributed by atoms with E-state index in [1.54, 1.807) is 0 Å². The van der Waals surface area contributed by atoms with Crippen LogP contribution in [0.5, 0.6) is 11.5 Å². The van der Waals surface area contributed by atoms with Crippen LogP contribution in [-0.2, 0) is 6.42 Å². The van der Waals surface area contributed by atoms with Gasteiger partial charge < -0.3 is 10.2 Å². The Morgan fingerprint density at radius 3 is 2.33 bits per heavy atom. The van der Waals surface area contributed by atoms with Gasteiger partial charge in [0.15, 0.2) is 5.78 Å². The first kappa shape index (κ1) is 12.2. The van der Waals surface area contributed by atoms with E-state index in [9.17, 15) is 9.90 Å². The van der Waals surface area contributed by atoms with E-state index in [0.717, 1.165) is 11.1 Å². The predicted octanol–water partition coefficient (Wildman–Crippen LogP) is 2.83. The van der Waals surface area contributed by atoms with Crippen molar-refractivity contribution in [1.29, 1.82) is 0 Å². The lowest BCUT2D eigenvalue weighted by Gasteiger charge is -2.05. The number of hydrogen-bond donors (Lipinski definition) is 2. The highest BCUT2D eigenvalue weighted by atomic mass is 16.3. The summed E-state index contributed by atoms with van der Waals surface area (Å²) >= 11 is 0. The average Bonchev–Trinajstić information content (AvgIpc) is 2.32. The molecule has 2 aromatic carbocycles. The number of benzene rings is 2. The molecule has 3 nitrogen and oxygen atoms in total. The number of rotatable bonds is 3. The minimum atomic E-state index is -0.188. The van der Waals surface area contributed by atoms with Gasteiger partial charge in [0.05, 0.1) is 5.56 Å². The molecule has 0 aliphatic carbocycles. The highest BCUT2D eigenvalue weighted by Crippen LogP contribution is 2.23. The number of carbonyl (C=O) groups excluding carboxylic acids is 1. The summed E-state index contributed by atoms with van der Waals surface area (Å²) < 4.78 is 0. The molecule has 0 unspecified atom stereocenters. The van der Waals surface area contributed by atoms with E-state index in [1.165, 1.54) is 18.2 Å². The van der Waals surface area contributed by atoms with E-state index >= 15 is 0 Å². The fourth-order valence-corrected chi connectivity index (χ4v) is 1.74. The maximum absolute atomic E-state index is 12.0. The first-order valence-corrected chi connectivity index (χ1v) is 5.67. The molecule has 0 aromatic heterocycles. The Morgan fingerprint density at radius 1 is 1.06 bits per heavy atom. The molecule has 0 saturated carbocycles. The number of ketones is 1. The van der Waals surface area contributed by atoms with Crippen molar-refractivity contribution in [1.82, 2.24) is 0 Å². The van der Waals surface area contributed by atoms with Crippen LogP contribution in [0.25, 0.3) is 0 Å². The van der Waals surface area contributed by atoms with Crippen molar-refractivity contribution in [2.24, 2.45) is 0 Å². The van der Waals surface area contributed by atoms with Gasteiger partial charge in [-0.3, -0.25) is 4.79 Å². The lowest BCUT2D eigenvalue weighted by atomic mass is 10.0. The normalized spacial score (nSPS) is 10.3. The summed E-state index contributed by atoms with van der Waals surface area (Å²) in [6.07, 6.45) is 0.235. The highest BCUT2D eigenvalue weighted by Gasteiger charge is 2.12. The van der Waals surface area contributed by atoms with E-state index in [-0.39, 0.29) is 29.3 Å². The van der Waals surface area contributed by atoms with Crippen molar-refractivity contribution in [3.8, 4) is 11.5 Å². The van der Waals surface area contributed by atoms with E-state index < -0.39 is 0 Å². The zero-order valence-corrected chi connectivity index (χ0v) is 10.1. The van der Waals surface area contributed by atoms with Crippen LogP contribution in [0, 0.1) is 6.92 Å². The third-order valence-corrected chi connectivity index (χ3v) is 2.77. The molecule has 0 amide bonds. The number of phenols is 2. The number of aromatic hydroxyl groups is 2. The zero-order valence-electron chi connectivity index (χ0n) is 10.1. The van der Waals surface area contributed by atoms with E-state index in [2.05, 4.69) is 0 Å². The molecule has 2 aromatic rings. The fourth-order valence-electron chi connectivity index (χ4n) is 1.74. The van der Waals surface area contributed by atoms with Crippen molar-refractivity contribution in [2.75, 3.05) is 0 Å². The summed E-state index contributed by atoms with van der Waals surface area (Å²) in [5, 5.41) is 18.8. The van der Waals surface area contributed by atoms with Gasteiger partial charge in [-0.25, -0.2) is 0 Å². The number of aryl methyl sites for hydroxylation is 1. The number of phenolic OH excluding ortho intramolecular Hbond substituents is 2. The van der Waals surface area contributed by atoms with Gasteiger partial charge in [0, 0.05) is 12.5 Å². The molecular formula is C15H14O3. The molecule has 3 heteroatoms. The molecule has 0 heterocycles. The van der Waals surface area contributed by atoms with Crippen LogP contribution in [-0.4, -0.2) is 16.0 Å². The van der Waals surface area contributed by atoms with Gasteiger partial charge in [-0.2, -0.15) is 0 Å². The average molecular weight is 242 g/mol. The van der Waals surface area contributed by atoms with Crippen LogP contribution in [0.2, 0.25) is 0 Å². The van der Waals surface area contributed by atoms with E-state index in [4.69, 9.17) is 5.11 Å². The lowest BCUT2D eigenvalue weighted by molar-refractivity contribution is 0.0990. The summed E-state index contributed by atoms with van der Waals surface area (Å²) in [5.41, 5.74) is 2.27. The quantitative estimate of drug-likeness (QED) is 0.814. The molecule has 18 heavy (non-hydrogen) atoms. The predicted molar refractivity (Wildman–Crippen MR) is 69.0 cm³/mol. The van der Waals surface area contributed by atoms with Gasteiger partial charge in [-0.05, 0) is 24.6 Å². The molecule has 0 spiro atoms. The highest BCUT2D eigenvalue weighted by molar-refractivity contribution is 6.00. The van der Waals surface area contributed by atoms with Crippen molar-refractivity contribution >= 4 is 5.78 Å². The van der Waals surface area contributed by atoms with Crippen molar-refractivity contribution < 1.29 is 15.0 Å². The first-order valence-electron chi connectivity index (χ1n) is 5.67. The topological polar surface area (TPSA) is 57.5 Å². The maximum atomic E-state index is 12.0. The number of hydrogen-bond acceptors (Lipinski definition) is 3. The Hall–Kier alpha value is -2.29. The SMILES string of the molecule is Cc1ccc(CC(=O)c2ccc(O)cc2O)cc1. The Morgan fingerprint density at radius 2 is 1.72 bits per heavy atom. The van der Waals surface area contributed by atoms with E-state index in [1.807, 2.05) is 31.2 Å². The van der Waals surface area contributed by atoms with Gasteiger partial charge >= 0.3 is 0 Å². The van der Waals surface area contributed by atoms with Crippen LogP contribution in [0.15, 0.2) is 42.5 Å². The van der Waals surface area contributed by atoms with Crippen molar-refractivity contribution in [3.05, 3.63) is 59.2 Å². The Labute approximate surface area is 105 Å². The number of Topliss-reactive ketones (excluding diaryl/α,β-unsaturated/α-hetero) is 1. The maximum Gasteiger partial charge on any atom is 0.170 e. The molecule has 2 N–H and O–H groups in total. The minimum Gasteiger partial charge on any atom is -0.508 e. The second-order valence-electron chi connectivity index (χ2n) is 4.29. The molecular weight excluding hydrogens is 228 g/mol. The largest absolute Gasteiger partial charge is 0.508 e. The summed E-state index contributed by atoms with van der Waals surface area (Å²) in [5.74, 6) is -0.414. The van der Waals surface area contributed by atoms with Crippen LogP contribution < -0.4 is 0 Å². The molecule has 0 saturated heterocycles. The standard InChI is InChI=1S/C15H14O3/c1-10-2-4-11(5-3-10)8-14(17)13-7-6-12(16)9-15(13)18/h2-7,9,16,18H,8H2,1H3. The van der Waals surface area contributed by atoms with Crippen molar-refractivity contribution in [3.63, 3.8) is 0 Å². The first-order chi connectivity index (χ1) is 8.56. The minimum absolute atomic E-state index is 0.0561. The molecule has 0 aliphatic rings. The summed E-state index contributed by atoms with van der Waals surface area (Å²) in [7, 11) is 0. The molecule has 2 rings (SSSR count).